The lowest BCUT2D eigenvalue weighted by Crippen LogP contribution is -2.38. The summed E-state index contributed by atoms with van der Waals surface area (Å²) in [6, 6.07) is 14.1. The quantitative estimate of drug-likeness (QED) is 0.608. The van der Waals surface area contributed by atoms with Gasteiger partial charge in [0.2, 0.25) is 5.91 Å². The minimum absolute atomic E-state index is 0.0360. The van der Waals surface area contributed by atoms with Crippen LogP contribution in [0, 0.1) is 5.82 Å². The van der Waals surface area contributed by atoms with Gasteiger partial charge in [-0.1, -0.05) is 31.2 Å². The van der Waals surface area contributed by atoms with Crippen molar-refractivity contribution >= 4 is 28.6 Å². The van der Waals surface area contributed by atoms with E-state index < -0.39 is 0 Å². The number of benzene rings is 1. The second-order valence-electron chi connectivity index (χ2n) is 5.95. The van der Waals surface area contributed by atoms with Crippen molar-refractivity contribution in [2.24, 2.45) is 0 Å². The minimum atomic E-state index is -0.280. The van der Waals surface area contributed by atoms with E-state index in [0.717, 1.165) is 23.5 Å². The zero-order valence-corrected chi connectivity index (χ0v) is 16.2. The lowest BCUT2D eigenvalue weighted by molar-refractivity contribution is -0.122. The van der Waals surface area contributed by atoms with Gasteiger partial charge >= 0.3 is 0 Å². The molecule has 0 aliphatic rings. The average molecular weight is 389 g/mol. The molecule has 0 spiro atoms. The number of thiophene rings is 2. The molecule has 136 valence electrons. The molecule has 3 aromatic rings. The molecule has 1 amide bonds. The Kier molecular flexibility index (Phi) is 6.55. The second kappa shape index (κ2) is 9.07. The fraction of sp³-hybridized carbons (Fsp3) is 0.250. The number of rotatable bonds is 8. The van der Waals surface area contributed by atoms with Crippen LogP contribution >= 0.6 is 22.7 Å². The first-order valence-corrected chi connectivity index (χ1v) is 10.2. The van der Waals surface area contributed by atoms with E-state index in [-0.39, 0.29) is 17.8 Å². The molecular formula is C20H21FN2OS2. The van der Waals surface area contributed by atoms with Crippen molar-refractivity contribution in [3.05, 3.63) is 80.4 Å². The average Bonchev–Trinajstić information content (AvgIpc) is 3.34. The summed E-state index contributed by atoms with van der Waals surface area (Å²) in [6.45, 7) is 3.95. The molecule has 0 saturated heterocycles. The Morgan fingerprint density at radius 1 is 1.12 bits per heavy atom. The van der Waals surface area contributed by atoms with Crippen molar-refractivity contribution in [3.8, 4) is 0 Å². The highest BCUT2D eigenvalue weighted by atomic mass is 32.1. The van der Waals surface area contributed by atoms with Crippen LogP contribution in [0.3, 0.4) is 0 Å². The molecule has 2 heterocycles. The Labute approximate surface area is 161 Å². The minimum Gasteiger partial charge on any atom is -0.343 e. The molecule has 3 nitrogen and oxygen atoms in total. The van der Waals surface area contributed by atoms with Crippen molar-refractivity contribution < 1.29 is 9.18 Å². The van der Waals surface area contributed by atoms with E-state index in [0.29, 0.717) is 6.54 Å². The molecule has 6 heteroatoms. The van der Waals surface area contributed by atoms with Crippen molar-refractivity contribution in [3.63, 3.8) is 0 Å². The summed E-state index contributed by atoms with van der Waals surface area (Å²) in [5, 5.41) is 7.14. The van der Waals surface area contributed by atoms with E-state index in [1.807, 2.05) is 29.0 Å². The first-order valence-electron chi connectivity index (χ1n) is 8.48. The Balaban J connectivity index is 1.69. The molecule has 0 radical (unpaired) electrons. The van der Waals surface area contributed by atoms with Gasteiger partial charge in [-0.15, -0.1) is 22.7 Å². The summed E-state index contributed by atoms with van der Waals surface area (Å²) < 4.78 is 13.3. The highest BCUT2D eigenvalue weighted by molar-refractivity contribution is 7.10. The van der Waals surface area contributed by atoms with Gasteiger partial charge in [0.25, 0.3) is 0 Å². The van der Waals surface area contributed by atoms with Gasteiger partial charge in [-0.3, -0.25) is 9.69 Å². The zero-order chi connectivity index (χ0) is 18.4. The summed E-state index contributed by atoms with van der Waals surface area (Å²) >= 11 is 3.28. The monoisotopic (exact) mass is 388 g/mol. The van der Waals surface area contributed by atoms with Crippen LogP contribution in [-0.4, -0.2) is 23.9 Å². The van der Waals surface area contributed by atoms with E-state index in [1.165, 1.54) is 17.0 Å². The molecule has 3 rings (SSSR count). The number of carbonyl (C=O) groups is 1. The normalized spacial score (nSPS) is 12.3. The summed E-state index contributed by atoms with van der Waals surface area (Å²) in [5.41, 5.74) is 0.878. The molecular weight excluding hydrogens is 367 g/mol. The van der Waals surface area contributed by atoms with Crippen LogP contribution in [-0.2, 0) is 11.3 Å². The Morgan fingerprint density at radius 2 is 1.85 bits per heavy atom. The van der Waals surface area contributed by atoms with Crippen LogP contribution in [0.2, 0.25) is 0 Å². The maximum absolute atomic E-state index is 13.3. The molecule has 1 N–H and O–H groups in total. The molecule has 0 bridgehead atoms. The van der Waals surface area contributed by atoms with E-state index in [9.17, 15) is 9.18 Å². The van der Waals surface area contributed by atoms with Gasteiger partial charge in [-0.2, -0.15) is 0 Å². The molecule has 1 aromatic carbocycles. The number of amides is 1. The molecule has 0 saturated carbocycles. The van der Waals surface area contributed by atoms with Gasteiger partial charge in [-0.25, -0.2) is 4.39 Å². The van der Waals surface area contributed by atoms with E-state index in [2.05, 4.69) is 23.2 Å². The van der Waals surface area contributed by atoms with E-state index >= 15 is 0 Å². The van der Waals surface area contributed by atoms with Crippen molar-refractivity contribution in [2.45, 2.75) is 19.5 Å². The summed E-state index contributed by atoms with van der Waals surface area (Å²) in [5.74, 6) is -0.316. The number of nitrogens with one attached hydrogen (secondary N) is 1. The predicted molar refractivity (Wildman–Crippen MR) is 106 cm³/mol. The number of likely N-dealkylation sites (N-methyl/N-ethyl adjacent to an activating group) is 1. The standard InChI is InChI=1S/C20H21FN2OS2/c1-2-23(13-17-5-3-11-25-17)14-19(24)22-20(18-6-4-12-26-18)15-7-9-16(21)10-8-15/h3-12,20H,2,13-14H2,1H3,(H,22,24). The van der Waals surface area contributed by atoms with Gasteiger partial charge in [0.15, 0.2) is 0 Å². The third kappa shape index (κ3) is 5.00. The SMILES string of the molecule is CCN(CC(=O)NC(c1ccc(F)cc1)c1cccs1)Cc1cccs1. The van der Waals surface area contributed by atoms with Gasteiger partial charge in [0.05, 0.1) is 12.6 Å². The molecule has 1 atom stereocenters. The Morgan fingerprint density at radius 3 is 2.46 bits per heavy atom. The molecule has 2 aromatic heterocycles. The van der Waals surface area contributed by atoms with Crippen molar-refractivity contribution in [2.75, 3.05) is 13.1 Å². The van der Waals surface area contributed by atoms with Crippen LogP contribution in [0.15, 0.2) is 59.3 Å². The maximum Gasteiger partial charge on any atom is 0.234 e. The Hall–Kier alpha value is -2.02. The predicted octanol–water partition coefficient (Wildman–Crippen LogP) is 4.68. The van der Waals surface area contributed by atoms with Gasteiger partial charge < -0.3 is 5.32 Å². The molecule has 1 unspecified atom stereocenters. The number of hydrogen-bond donors (Lipinski definition) is 1. The lowest BCUT2D eigenvalue weighted by Gasteiger charge is -2.22. The van der Waals surface area contributed by atoms with Crippen LogP contribution < -0.4 is 5.32 Å². The fourth-order valence-corrected chi connectivity index (χ4v) is 4.29. The summed E-state index contributed by atoms with van der Waals surface area (Å²) in [7, 11) is 0. The highest BCUT2D eigenvalue weighted by Gasteiger charge is 2.19. The molecule has 0 aliphatic carbocycles. The number of carbonyl (C=O) groups excluding carboxylic acids is 1. The van der Waals surface area contributed by atoms with Crippen molar-refractivity contribution in [1.82, 2.24) is 10.2 Å². The summed E-state index contributed by atoms with van der Waals surface area (Å²) in [6.07, 6.45) is 0. The summed E-state index contributed by atoms with van der Waals surface area (Å²) in [4.78, 5) is 17.1. The van der Waals surface area contributed by atoms with Crippen LogP contribution in [0.1, 0.15) is 28.3 Å². The smallest absolute Gasteiger partial charge is 0.234 e. The first kappa shape index (κ1) is 18.8. The van der Waals surface area contributed by atoms with Gasteiger partial charge in [0.1, 0.15) is 5.82 Å². The fourth-order valence-electron chi connectivity index (χ4n) is 2.74. The largest absolute Gasteiger partial charge is 0.343 e. The lowest BCUT2D eigenvalue weighted by atomic mass is 10.1. The van der Waals surface area contributed by atoms with Crippen LogP contribution in [0.25, 0.3) is 0 Å². The van der Waals surface area contributed by atoms with Crippen molar-refractivity contribution in [1.29, 1.82) is 0 Å². The number of hydrogen-bond acceptors (Lipinski definition) is 4. The van der Waals surface area contributed by atoms with E-state index in [1.54, 1.807) is 34.8 Å². The van der Waals surface area contributed by atoms with Crippen LogP contribution in [0.4, 0.5) is 4.39 Å². The highest BCUT2D eigenvalue weighted by Crippen LogP contribution is 2.26. The first-order chi connectivity index (χ1) is 12.7. The zero-order valence-electron chi connectivity index (χ0n) is 14.5. The Bertz CT molecular complexity index is 801. The number of nitrogens with zero attached hydrogens (tertiary/aromatic N) is 1. The third-order valence-electron chi connectivity index (χ3n) is 4.11. The second-order valence-corrected chi connectivity index (χ2v) is 7.96. The topological polar surface area (TPSA) is 32.3 Å². The molecule has 0 aliphatic heterocycles. The third-order valence-corrected chi connectivity index (χ3v) is 5.91. The number of halogens is 1. The van der Waals surface area contributed by atoms with Gasteiger partial charge in [0, 0.05) is 16.3 Å². The molecule has 0 fully saturated rings. The van der Waals surface area contributed by atoms with E-state index in [4.69, 9.17) is 0 Å². The van der Waals surface area contributed by atoms with Gasteiger partial charge in [-0.05, 0) is 47.1 Å². The van der Waals surface area contributed by atoms with Crippen LogP contribution in [0.5, 0.6) is 0 Å². The maximum atomic E-state index is 13.3. The molecule has 26 heavy (non-hydrogen) atoms.